The van der Waals surface area contributed by atoms with Crippen LogP contribution in [0.3, 0.4) is 0 Å². The Morgan fingerprint density at radius 1 is 1.25 bits per heavy atom. The van der Waals surface area contributed by atoms with E-state index in [0.29, 0.717) is 4.59 Å². The van der Waals surface area contributed by atoms with Crippen molar-refractivity contribution in [2.24, 2.45) is 5.84 Å². The van der Waals surface area contributed by atoms with Crippen LogP contribution >= 0.6 is 0 Å². The molecule has 0 aromatic heterocycles. The summed E-state index contributed by atoms with van der Waals surface area (Å²) in [6, 6.07) is 10.1. The summed E-state index contributed by atoms with van der Waals surface area (Å²) in [4.78, 5) is 0. The Morgan fingerprint density at radius 2 is 1.75 bits per heavy atom. The molecular weight excluding hydrogens is 263 g/mol. The fourth-order valence-corrected chi connectivity index (χ4v) is 0.951. The first-order valence-corrected chi connectivity index (χ1v) is 3.86. The van der Waals surface area contributed by atoms with Gasteiger partial charge in [0.1, 0.15) is 0 Å². The van der Waals surface area contributed by atoms with Crippen LogP contribution < -0.4 is 34.4 Å². The van der Waals surface area contributed by atoms with Crippen LogP contribution in [-0.2, 0) is 0 Å². The van der Waals surface area contributed by atoms with Crippen molar-refractivity contribution in [3.05, 3.63) is 30.3 Å². The van der Waals surface area contributed by atoms with E-state index in [1.165, 1.54) is 0 Å². The Kier molecular flexibility index (Phi) is 4.74. The van der Waals surface area contributed by atoms with Crippen LogP contribution in [0.5, 0.6) is 0 Å². The lowest BCUT2D eigenvalue weighted by Crippen LogP contribution is -3.00. The van der Waals surface area contributed by atoms with Gasteiger partial charge in [0.15, 0.2) is 5.69 Å². The third-order valence-electron chi connectivity index (χ3n) is 2.00. The van der Waals surface area contributed by atoms with Gasteiger partial charge in [-0.3, -0.25) is 0 Å². The maximum atomic E-state index is 5.97. The minimum absolute atomic E-state index is 0. The standard InChI is InChI=1S/C9H15N2.HI/c1-3-11(2,10)9-7-5-4-6-8-9;/h4-8H,3,10H2,1-2H3;1H/q+1;/p-1. The zero-order valence-electron chi connectivity index (χ0n) is 7.50. The number of quaternary nitrogens is 1. The van der Waals surface area contributed by atoms with Gasteiger partial charge in [0.2, 0.25) is 0 Å². The Bertz CT molecular complexity index is 221. The minimum atomic E-state index is 0. The maximum absolute atomic E-state index is 5.97. The Hall–Kier alpha value is -0.130. The second-order valence-corrected chi connectivity index (χ2v) is 2.92. The van der Waals surface area contributed by atoms with Crippen molar-refractivity contribution in [2.75, 3.05) is 13.6 Å². The molecule has 0 spiro atoms. The molecule has 0 aliphatic heterocycles. The lowest BCUT2D eigenvalue weighted by Gasteiger charge is -2.25. The number of nitrogens with zero attached hydrogens (tertiary/aromatic N) is 1. The van der Waals surface area contributed by atoms with E-state index in [4.69, 9.17) is 5.84 Å². The third kappa shape index (κ3) is 2.73. The average Bonchev–Trinajstić information content (AvgIpc) is 2.06. The molecule has 12 heavy (non-hydrogen) atoms. The summed E-state index contributed by atoms with van der Waals surface area (Å²) < 4.78 is 0.459. The van der Waals surface area contributed by atoms with Gasteiger partial charge in [-0.15, -0.1) is 0 Å². The highest BCUT2D eigenvalue weighted by Crippen LogP contribution is 2.14. The molecule has 0 saturated carbocycles. The number of rotatable bonds is 2. The summed E-state index contributed by atoms with van der Waals surface area (Å²) in [5.74, 6) is 5.97. The zero-order chi connectivity index (χ0) is 8.32. The molecule has 68 valence electrons. The van der Waals surface area contributed by atoms with E-state index in [1.54, 1.807) is 0 Å². The quantitative estimate of drug-likeness (QED) is 0.304. The third-order valence-corrected chi connectivity index (χ3v) is 2.00. The van der Waals surface area contributed by atoms with E-state index in [2.05, 4.69) is 6.92 Å². The minimum Gasteiger partial charge on any atom is -1.00 e. The predicted molar refractivity (Wildman–Crippen MR) is 48.9 cm³/mol. The van der Waals surface area contributed by atoms with Crippen LogP contribution in [0.4, 0.5) is 5.69 Å². The summed E-state index contributed by atoms with van der Waals surface area (Å²) in [6.45, 7) is 2.98. The van der Waals surface area contributed by atoms with Crippen LogP contribution in [0, 0.1) is 0 Å². The number of benzene rings is 1. The number of para-hydroxylation sites is 1. The molecule has 2 N–H and O–H groups in total. The fourth-order valence-electron chi connectivity index (χ4n) is 0.951. The molecule has 0 fully saturated rings. The SMILES string of the molecule is CC[N+](C)(N)c1ccccc1.[I-]. The lowest BCUT2D eigenvalue weighted by molar-refractivity contribution is -0.00000261. The second kappa shape index (κ2) is 4.79. The molecular formula is C9H15IN2. The molecule has 1 aromatic carbocycles. The topological polar surface area (TPSA) is 26.0 Å². The number of hydrogen-bond acceptors (Lipinski definition) is 1. The van der Waals surface area contributed by atoms with Gasteiger partial charge in [0.25, 0.3) is 0 Å². The number of nitrogens with two attached hydrogens (primary N) is 1. The monoisotopic (exact) mass is 278 g/mol. The molecule has 0 aliphatic rings. The van der Waals surface area contributed by atoms with Crippen LogP contribution in [0.1, 0.15) is 6.92 Å². The van der Waals surface area contributed by atoms with Gasteiger partial charge in [-0.1, -0.05) is 18.2 Å². The van der Waals surface area contributed by atoms with Gasteiger partial charge in [-0.2, -0.15) is 5.84 Å². The molecule has 0 radical (unpaired) electrons. The highest BCUT2D eigenvalue weighted by Gasteiger charge is 2.15. The largest absolute Gasteiger partial charge is 1.00 e. The highest BCUT2D eigenvalue weighted by molar-refractivity contribution is 5.40. The maximum Gasteiger partial charge on any atom is 0.151 e. The number of halogens is 1. The first-order chi connectivity index (χ1) is 5.17. The Balaban J connectivity index is 0.00000121. The Labute approximate surface area is 90.9 Å². The van der Waals surface area contributed by atoms with Crippen LogP contribution in [0.25, 0.3) is 0 Å². The first-order valence-electron chi connectivity index (χ1n) is 3.86. The van der Waals surface area contributed by atoms with Gasteiger partial charge in [-0.05, 0) is 6.92 Å². The van der Waals surface area contributed by atoms with E-state index < -0.39 is 0 Å². The van der Waals surface area contributed by atoms with Crippen molar-refractivity contribution in [1.29, 1.82) is 0 Å². The summed E-state index contributed by atoms with van der Waals surface area (Å²) in [7, 11) is 2.00. The van der Waals surface area contributed by atoms with Gasteiger partial charge < -0.3 is 24.0 Å². The highest BCUT2D eigenvalue weighted by atomic mass is 127. The van der Waals surface area contributed by atoms with Gasteiger partial charge in [0, 0.05) is 12.1 Å². The summed E-state index contributed by atoms with van der Waals surface area (Å²) in [5.41, 5.74) is 1.15. The molecule has 2 nitrogen and oxygen atoms in total. The molecule has 0 bridgehead atoms. The molecule has 1 rings (SSSR count). The molecule has 3 heteroatoms. The summed E-state index contributed by atoms with van der Waals surface area (Å²) in [6.07, 6.45) is 0. The van der Waals surface area contributed by atoms with Crippen LogP contribution in [-0.4, -0.2) is 13.6 Å². The normalized spacial score (nSPS) is 14.6. The van der Waals surface area contributed by atoms with E-state index >= 15 is 0 Å². The van der Waals surface area contributed by atoms with E-state index in [9.17, 15) is 0 Å². The molecule has 0 aliphatic carbocycles. The molecule has 1 atom stereocenters. The lowest BCUT2D eigenvalue weighted by atomic mass is 10.3. The Morgan fingerprint density at radius 3 is 2.17 bits per heavy atom. The van der Waals surface area contributed by atoms with Gasteiger partial charge in [0.05, 0.1) is 13.6 Å². The van der Waals surface area contributed by atoms with E-state index in [0.717, 1.165) is 12.2 Å². The van der Waals surface area contributed by atoms with E-state index in [-0.39, 0.29) is 24.0 Å². The molecule has 1 aromatic rings. The van der Waals surface area contributed by atoms with Crippen molar-refractivity contribution in [3.8, 4) is 0 Å². The summed E-state index contributed by atoms with van der Waals surface area (Å²) in [5, 5.41) is 0. The van der Waals surface area contributed by atoms with Crippen molar-refractivity contribution in [3.63, 3.8) is 0 Å². The second-order valence-electron chi connectivity index (χ2n) is 2.92. The zero-order valence-corrected chi connectivity index (χ0v) is 9.65. The summed E-state index contributed by atoms with van der Waals surface area (Å²) >= 11 is 0. The molecule has 0 saturated heterocycles. The van der Waals surface area contributed by atoms with Crippen LogP contribution in [0.15, 0.2) is 30.3 Å². The average molecular weight is 278 g/mol. The van der Waals surface area contributed by atoms with Gasteiger partial charge in [-0.25, -0.2) is 4.59 Å². The first kappa shape index (κ1) is 11.9. The van der Waals surface area contributed by atoms with Gasteiger partial charge >= 0.3 is 0 Å². The molecule has 1 unspecified atom stereocenters. The van der Waals surface area contributed by atoms with Crippen molar-refractivity contribution in [2.45, 2.75) is 6.92 Å². The van der Waals surface area contributed by atoms with Crippen LogP contribution in [0.2, 0.25) is 0 Å². The predicted octanol–water partition coefficient (Wildman–Crippen LogP) is -1.48. The van der Waals surface area contributed by atoms with Crippen molar-refractivity contribution >= 4 is 5.69 Å². The molecule has 0 heterocycles. The van der Waals surface area contributed by atoms with Crippen molar-refractivity contribution in [1.82, 2.24) is 4.59 Å². The van der Waals surface area contributed by atoms with Crippen molar-refractivity contribution < 1.29 is 24.0 Å². The fraction of sp³-hybridized carbons (Fsp3) is 0.333. The smallest absolute Gasteiger partial charge is 0.151 e. The number of hydrogen-bond donors (Lipinski definition) is 1. The van der Waals surface area contributed by atoms with E-state index in [1.807, 2.05) is 37.4 Å². The molecule has 0 amide bonds.